The minimum Gasteiger partial charge on any atom is -0.396 e. The van der Waals surface area contributed by atoms with Crippen LogP contribution in [0.1, 0.15) is 58.8 Å². The van der Waals surface area contributed by atoms with Crippen molar-refractivity contribution in [2.45, 2.75) is 64.8 Å². The molecule has 0 bridgehead atoms. The summed E-state index contributed by atoms with van der Waals surface area (Å²) in [5.41, 5.74) is 5.55. The van der Waals surface area contributed by atoms with Gasteiger partial charge in [0.25, 0.3) is 0 Å². The van der Waals surface area contributed by atoms with Gasteiger partial charge in [-0.2, -0.15) is 0 Å². The predicted octanol–water partition coefficient (Wildman–Crippen LogP) is 1.81. The highest BCUT2D eigenvalue weighted by Gasteiger charge is 2.38. The van der Waals surface area contributed by atoms with Gasteiger partial charge in [0, 0.05) is 19.2 Å². The van der Waals surface area contributed by atoms with E-state index < -0.39 is 0 Å². The number of nitrogens with one attached hydrogen (secondary N) is 1. The molecule has 4 heteroatoms. The lowest BCUT2D eigenvalue weighted by Crippen LogP contribution is -2.50. The highest BCUT2D eigenvalue weighted by atomic mass is 16.3. The Labute approximate surface area is 117 Å². The molecule has 1 aliphatic rings. The summed E-state index contributed by atoms with van der Waals surface area (Å²) >= 11 is 0. The Kier molecular flexibility index (Phi) is 6.80. The van der Waals surface area contributed by atoms with E-state index in [2.05, 4.69) is 19.2 Å². The summed E-state index contributed by atoms with van der Waals surface area (Å²) in [6.07, 6.45) is 7.02. The molecule has 112 valence electrons. The normalized spacial score (nSPS) is 20.9. The summed E-state index contributed by atoms with van der Waals surface area (Å²) in [6.45, 7) is 4.69. The van der Waals surface area contributed by atoms with Gasteiger partial charge in [0.2, 0.25) is 5.91 Å². The van der Waals surface area contributed by atoms with E-state index in [1.807, 2.05) is 0 Å². The largest absolute Gasteiger partial charge is 0.396 e. The molecule has 4 nitrogen and oxygen atoms in total. The van der Waals surface area contributed by atoms with Crippen LogP contribution in [-0.2, 0) is 4.79 Å². The molecule has 0 aromatic heterocycles. The highest BCUT2D eigenvalue weighted by molar-refractivity contribution is 5.83. The average Bonchev–Trinajstić information content (AvgIpc) is 2.64. The number of aliphatic hydroxyl groups excluding tert-OH is 1. The lowest BCUT2D eigenvalue weighted by Gasteiger charge is -2.33. The fraction of sp³-hybridized carbons (Fsp3) is 0.933. The van der Waals surface area contributed by atoms with Crippen molar-refractivity contribution >= 4 is 5.91 Å². The molecule has 0 radical (unpaired) electrons. The number of aliphatic hydroxyl groups is 1. The lowest BCUT2D eigenvalue weighted by molar-refractivity contribution is -0.132. The van der Waals surface area contributed by atoms with E-state index in [4.69, 9.17) is 10.8 Å². The summed E-state index contributed by atoms with van der Waals surface area (Å²) in [7, 11) is 0. The number of hydrogen-bond donors (Lipinski definition) is 3. The standard InChI is InChI=1S/C15H30N2O2/c1-12(2)13(7-10-18)17-14(19)15(11-16)8-5-3-4-6-9-15/h12-13,18H,3-11,16H2,1-2H3,(H,17,19). The third kappa shape index (κ3) is 4.46. The summed E-state index contributed by atoms with van der Waals surface area (Å²) in [6, 6.07) is 0.0455. The van der Waals surface area contributed by atoms with Gasteiger partial charge in [-0.1, -0.05) is 39.5 Å². The van der Waals surface area contributed by atoms with Crippen LogP contribution in [0.2, 0.25) is 0 Å². The number of amides is 1. The molecule has 0 spiro atoms. The Balaban J connectivity index is 2.71. The molecule has 1 atom stereocenters. The molecule has 0 aromatic carbocycles. The van der Waals surface area contributed by atoms with Crippen molar-refractivity contribution in [3.63, 3.8) is 0 Å². The zero-order valence-corrected chi connectivity index (χ0v) is 12.5. The van der Waals surface area contributed by atoms with Gasteiger partial charge < -0.3 is 16.2 Å². The van der Waals surface area contributed by atoms with Crippen molar-refractivity contribution in [3.05, 3.63) is 0 Å². The van der Waals surface area contributed by atoms with Gasteiger partial charge in [-0.25, -0.2) is 0 Å². The SMILES string of the molecule is CC(C)C(CCO)NC(=O)C1(CN)CCCCCC1. The molecule has 1 rings (SSSR count). The van der Waals surface area contributed by atoms with Crippen molar-refractivity contribution in [1.82, 2.24) is 5.32 Å². The smallest absolute Gasteiger partial charge is 0.227 e. The first kappa shape index (κ1) is 16.4. The van der Waals surface area contributed by atoms with E-state index in [0.29, 0.717) is 18.9 Å². The Morgan fingerprint density at radius 3 is 2.26 bits per heavy atom. The first-order valence-corrected chi connectivity index (χ1v) is 7.67. The van der Waals surface area contributed by atoms with Crippen LogP contribution in [0.3, 0.4) is 0 Å². The third-order valence-electron chi connectivity index (χ3n) is 4.49. The van der Waals surface area contributed by atoms with E-state index in [9.17, 15) is 4.79 Å². The first-order valence-electron chi connectivity index (χ1n) is 7.67. The summed E-state index contributed by atoms with van der Waals surface area (Å²) in [4.78, 5) is 12.6. The van der Waals surface area contributed by atoms with Crippen molar-refractivity contribution < 1.29 is 9.90 Å². The molecule has 19 heavy (non-hydrogen) atoms. The number of carbonyl (C=O) groups is 1. The molecule has 0 aromatic rings. The topological polar surface area (TPSA) is 75.3 Å². The van der Waals surface area contributed by atoms with E-state index in [1.54, 1.807) is 0 Å². The molecule has 1 amide bonds. The number of carbonyl (C=O) groups excluding carboxylic acids is 1. The highest BCUT2D eigenvalue weighted by Crippen LogP contribution is 2.34. The molecular weight excluding hydrogens is 240 g/mol. The van der Waals surface area contributed by atoms with Gasteiger partial charge in [0.1, 0.15) is 0 Å². The second-order valence-electron chi connectivity index (χ2n) is 6.23. The third-order valence-corrected chi connectivity index (χ3v) is 4.49. The Morgan fingerprint density at radius 1 is 1.26 bits per heavy atom. The van der Waals surface area contributed by atoms with Gasteiger partial charge in [0.15, 0.2) is 0 Å². The van der Waals surface area contributed by atoms with Crippen LogP contribution in [0.4, 0.5) is 0 Å². The maximum absolute atomic E-state index is 12.6. The number of hydrogen-bond acceptors (Lipinski definition) is 3. The van der Waals surface area contributed by atoms with Crippen LogP contribution in [0, 0.1) is 11.3 Å². The fourth-order valence-corrected chi connectivity index (χ4v) is 2.96. The van der Waals surface area contributed by atoms with Gasteiger partial charge in [-0.05, 0) is 25.2 Å². The fourth-order valence-electron chi connectivity index (χ4n) is 2.96. The summed E-state index contributed by atoms with van der Waals surface area (Å²) in [5.74, 6) is 0.431. The van der Waals surface area contributed by atoms with Crippen molar-refractivity contribution in [1.29, 1.82) is 0 Å². The van der Waals surface area contributed by atoms with Crippen LogP contribution in [0.5, 0.6) is 0 Å². The number of rotatable bonds is 6. The summed E-state index contributed by atoms with van der Waals surface area (Å²) in [5, 5.41) is 12.2. The zero-order chi connectivity index (χ0) is 14.3. The maximum atomic E-state index is 12.6. The van der Waals surface area contributed by atoms with E-state index in [0.717, 1.165) is 25.7 Å². The van der Waals surface area contributed by atoms with E-state index in [1.165, 1.54) is 12.8 Å². The first-order chi connectivity index (χ1) is 9.05. The Hall–Kier alpha value is -0.610. The zero-order valence-electron chi connectivity index (χ0n) is 12.5. The van der Waals surface area contributed by atoms with Crippen LogP contribution >= 0.6 is 0 Å². The monoisotopic (exact) mass is 270 g/mol. The predicted molar refractivity (Wildman–Crippen MR) is 77.7 cm³/mol. The van der Waals surface area contributed by atoms with Crippen molar-refractivity contribution in [3.8, 4) is 0 Å². The Bertz CT molecular complexity index is 271. The maximum Gasteiger partial charge on any atom is 0.227 e. The average molecular weight is 270 g/mol. The van der Waals surface area contributed by atoms with Gasteiger partial charge >= 0.3 is 0 Å². The molecule has 0 aliphatic heterocycles. The Morgan fingerprint density at radius 2 is 1.84 bits per heavy atom. The van der Waals surface area contributed by atoms with Gasteiger partial charge in [-0.15, -0.1) is 0 Å². The second-order valence-corrected chi connectivity index (χ2v) is 6.23. The molecule has 0 saturated heterocycles. The minimum absolute atomic E-state index is 0.0455. The van der Waals surface area contributed by atoms with E-state index in [-0.39, 0.29) is 24.0 Å². The van der Waals surface area contributed by atoms with Crippen molar-refractivity contribution in [2.24, 2.45) is 17.1 Å². The minimum atomic E-state index is -0.376. The molecule has 1 aliphatic carbocycles. The van der Waals surface area contributed by atoms with Gasteiger partial charge in [-0.3, -0.25) is 4.79 Å². The molecule has 4 N–H and O–H groups in total. The van der Waals surface area contributed by atoms with E-state index >= 15 is 0 Å². The van der Waals surface area contributed by atoms with Crippen LogP contribution in [0.25, 0.3) is 0 Å². The van der Waals surface area contributed by atoms with Crippen LogP contribution < -0.4 is 11.1 Å². The summed E-state index contributed by atoms with van der Waals surface area (Å²) < 4.78 is 0. The van der Waals surface area contributed by atoms with Crippen LogP contribution in [-0.4, -0.2) is 30.2 Å². The van der Waals surface area contributed by atoms with Gasteiger partial charge in [0.05, 0.1) is 5.41 Å². The van der Waals surface area contributed by atoms with Crippen LogP contribution in [0.15, 0.2) is 0 Å². The molecular formula is C15H30N2O2. The molecule has 0 heterocycles. The molecule has 1 unspecified atom stereocenters. The number of nitrogens with two attached hydrogens (primary N) is 1. The molecule has 1 saturated carbocycles. The second kappa shape index (κ2) is 7.85. The van der Waals surface area contributed by atoms with Crippen molar-refractivity contribution in [2.75, 3.05) is 13.2 Å². The quantitative estimate of drug-likeness (QED) is 0.644. The lowest BCUT2D eigenvalue weighted by atomic mass is 9.79. The molecule has 1 fully saturated rings.